The van der Waals surface area contributed by atoms with Crippen LogP contribution in [0.1, 0.15) is 54.4 Å². The quantitative estimate of drug-likeness (QED) is 0.765. The maximum atomic E-state index is 13.3. The summed E-state index contributed by atoms with van der Waals surface area (Å²) >= 11 is 0. The summed E-state index contributed by atoms with van der Waals surface area (Å²) in [5, 5.41) is 9.92. The lowest BCUT2D eigenvalue weighted by Crippen LogP contribution is -2.37. The monoisotopic (exact) mass is 372 g/mol. The van der Waals surface area contributed by atoms with Crippen LogP contribution in [0.15, 0.2) is 24.3 Å². The molecule has 0 spiro atoms. The minimum Gasteiger partial charge on any atom is -0.355 e. The molecule has 0 saturated carbocycles. The fourth-order valence-electron chi connectivity index (χ4n) is 3.33. The van der Waals surface area contributed by atoms with E-state index in [2.05, 4.69) is 15.7 Å². The largest absolute Gasteiger partial charge is 0.355 e. The molecule has 1 heterocycles. The van der Waals surface area contributed by atoms with Gasteiger partial charge in [0.15, 0.2) is 5.69 Å². The molecular weight excluding hydrogens is 347 g/mol. The topological polar surface area (TPSA) is 76.0 Å². The van der Waals surface area contributed by atoms with Gasteiger partial charge in [0.1, 0.15) is 5.82 Å². The summed E-state index contributed by atoms with van der Waals surface area (Å²) < 4.78 is 15.0. The maximum absolute atomic E-state index is 13.3. The van der Waals surface area contributed by atoms with Crippen molar-refractivity contribution in [2.24, 2.45) is 0 Å². The molecule has 0 bridgehead atoms. The number of hydrogen-bond donors (Lipinski definition) is 2. The van der Waals surface area contributed by atoms with E-state index in [0.717, 1.165) is 55.5 Å². The molecule has 1 aromatic carbocycles. The summed E-state index contributed by atoms with van der Waals surface area (Å²) in [5.74, 6) is -0.872. The molecule has 144 valence electrons. The molecular formula is C20H25FN4O2. The number of rotatable bonds is 6. The van der Waals surface area contributed by atoms with Crippen LogP contribution >= 0.6 is 0 Å². The summed E-state index contributed by atoms with van der Waals surface area (Å²) in [5.41, 5.74) is 3.02. The molecule has 1 aromatic heterocycles. The van der Waals surface area contributed by atoms with Gasteiger partial charge in [-0.25, -0.2) is 9.07 Å². The molecule has 2 N–H and O–H groups in total. The minimum atomic E-state index is -0.347. The lowest BCUT2D eigenvalue weighted by Gasteiger charge is -2.07. The highest BCUT2D eigenvalue weighted by atomic mass is 19.1. The van der Waals surface area contributed by atoms with Crippen LogP contribution in [0, 0.1) is 5.82 Å². The number of fused-ring (bicyclic) bond motifs is 1. The smallest absolute Gasteiger partial charge is 0.272 e. The second kappa shape index (κ2) is 8.79. The van der Waals surface area contributed by atoms with Gasteiger partial charge in [-0.05, 0) is 56.4 Å². The lowest BCUT2D eigenvalue weighted by atomic mass is 10.1. The third kappa shape index (κ3) is 4.53. The Morgan fingerprint density at radius 2 is 1.85 bits per heavy atom. The molecule has 7 heteroatoms. The van der Waals surface area contributed by atoms with Crippen molar-refractivity contribution in [1.29, 1.82) is 0 Å². The van der Waals surface area contributed by atoms with Crippen LogP contribution in [-0.2, 0) is 17.6 Å². The predicted molar refractivity (Wildman–Crippen MR) is 100 cm³/mol. The molecule has 0 radical (unpaired) electrons. The van der Waals surface area contributed by atoms with Gasteiger partial charge in [-0.15, -0.1) is 0 Å². The number of benzene rings is 1. The van der Waals surface area contributed by atoms with Gasteiger partial charge in [0, 0.05) is 17.8 Å². The highest BCUT2D eigenvalue weighted by Crippen LogP contribution is 2.26. The van der Waals surface area contributed by atoms with E-state index >= 15 is 0 Å². The van der Waals surface area contributed by atoms with Crippen molar-refractivity contribution in [3.05, 3.63) is 47.0 Å². The predicted octanol–water partition coefficient (Wildman–Crippen LogP) is 2.54. The van der Waals surface area contributed by atoms with Crippen LogP contribution in [0.2, 0.25) is 0 Å². The lowest BCUT2D eigenvalue weighted by molar-refractivity contribution is -0.120. The fraction of sp³-hybridized carbons (Fsp3) is 0.450. The zero-order valence-corrected chi connectivity index (χ0v) is 15.6. The van der Waals surface area contributed by atoms with Gasteiger partial charge in [-0.2, -0.15) is 5.10 Å². The number of nitrogens with zero attached hydrogens (tertiary/aromatic N) is 2. The SMILES string of the molecule is CCCNC(=O)CNC(=O)c1nn(-c2ccc(F)cc2)c2c1CCCCC2. The molecule has 0 aliphatic heterocycles. The molecule has 0 fully saturated rings. The van der Waals surface area contributed by atoms with Gasteiger partial charge in [-0.1, -0.05) is 13.3 Å². The van der Waals surface area contributed by atoms with Crippen molar-refractivity contribution in [2.45, 2.75) is 45.4 Å². The van der Waals surface area contributed by atoms with Crippen LogP contribution in [-0.4, -0.2) is 34.7 Å². The first-order valence-electron chi connectivity index (χ1n) is 9.51. The first-order chi connectivity index (χ1) is 13.1. The van der Waals surface area contributed by atoms with Crippen LogP contribution in [0.5, 0.6) is 0 Å². The average molecular weight is 372 g/mol. The molecule has 27 heavy (non-hydrogen) atoms. The Kier molecular flexibility index (Phi) is 6.21. The molecule has 2 amide bonds. The maximum Gasteiger partial charge on any atom is 0.272 e. The Hall–Kier alpha value is -2.70. The first-order valence-corrected chi connectivity index (χ1v) is 9.51. The number of aromatic nitrogens is 2. The van der Waals surface area contributed by atoms with Crippen LogP contribution in [0.25, 0.3) is 5.69 Å². The number of carbonyl (C=O) groups excluding carboxylic acids is 2. The third-order valence-corrected chi connectivity index (χ3v) is 4.70. The number of carbonyl (C=O) groups is 2. The second-order valence-corrected chi connectivity index (χ2v) is 6.76. The van der Waals surface area contributed by atoms with Crippen molar-refractivity contribution in [3.63, 3.8) is 0 Å². The number of hydrogen-bond acceptors (Lipinski definition) is 3. The highest BCUT2D eigenvalue weighted by molar-refractivity contribution is 5.96. The van der Waals surface area contributed by atoms with Crippen molar-refractivity contribution >= 4 is 11.8 Å². The van der Waals surface area contributed by atoms with Gasteiger partial charge in [0.25, 0.3) is 5.91 Å². The van der Waals surface area contributed by atoms with E-state index in [9.17, 15) is 14.0 Å². The van der Waals surface area contributed by atoms with Crippen LogP contribution < -0.4 is 10.6 Å². The summed E-state index contributed by atoms with van der Waals surface area (Å²) in [7, 11) is 0. The summed E-state index contributed by atoms with van der Waals surface area (Å²) in [6, 6.07) is 6.09. The van der Waals surface area contributed by atoms with E-state index in [1.54, 1.807) is 16.8 Å². The standard InChI is InChI=1S/C20H25FN4O2/c1-2-12-22-18(26)13-23-20(27)19-16-6-4-3-5-7-17(16)25(24-19)15-10-8-14(21)9-11-15/h8-11H,2-7,12-13H2,1H3,(H,22,26)(H,23,27). The second-order valence-electron chi connectivity index (χ2n) is 6.76. The molecule has 6 nitrogen and oxygen atoms in total. The van der Waals surface area contributed by atoms with E-state index in [1.165, 1.54) is 12.1 Å². The fourth-order valence-corrected chi connectivity index (χ4v) is 3.33. The molecule has 0 unspecified atom stereocenters. The average Bonchev–Trinajstić information content (AvgIpc) is 2.86. The van der Waals surface area contributed by atoms with E-state index < -0.39 is 0 Å². The third-order valence-electron chi connectivity index (χ3n) is 4.70. The Bertz CT molecular complexity index is 814. The van der Waals surface area contributed by atoms with Crippen molar-refractivity contribution in [2.75, 3.05) is 13.1 Å². The Morgan fingerprint density at radius 1 is 1.11 bits per heavy atom. The number of nitrogens with one attached hydrogen (secondary N) is 2. The minimum absolute atomic E-state index is 0.0724. The van der Waals surface area contributed by atoms with Crippen LogP contribution in [0.4, 0.5) is 4.39 Å². The van der Waals surface area contributed by atoms with Crippen molar-refractivity contribution in [1.82, 2.24) is 20.4 Å². The molecule has 0 saturated heterocycles. The van der Waals surface area contributed by atoms with Crippen molar-refractivity contribution in [3.8, 4) is 5.69 Å². The normalized spacial score (nSPS) is 13.6. The van der Waals surface area contributed by atoms with E-state index in [0.29, 0.717) is 12.2 Å². The Labute approximate surface area is 158 Å². The highest BCUT2D eigenvalue weighted by Gasteiger charge is 2.25. The van der Waals surface area contributed by atoms with Gasteiger partial charge >= 0.3 is 0 Å². The zero-order valence-electron chi connectivity index (χ0n) is 15.6. The molecule has 1 aliphatic carbocycles. The van der Waals surface area contributed by atoms with E-state index in [1.807, 2.05) is 6.92 Å². The van der Waals surface area contributed by atoms with Gasteiger partial charge in [0.05, 0.1) is 12.2 Å². The van der Waals surface area contributed by atoms with E-state index in [4.69, 9.17) is 0 Å². The molecule has 2 aromatic rings. The van der Waals surface area contributed by atoms with E-state index in [-0.39, 0.29) is 24.2 Å². The van der Waals surface area contributed by atoms with Crippen molar-refractivity contribution < 1.29 is 14.0 Å². The Morgan fingerprint density at radius 3 is 2.59 bits per heavy atom. The first kappa shape index (κ1) is 19.1. The van der Waals surface area contributed by atoms with Gasteiger partial charge in [-0.3, -0.25) is 9.59 Å². The van der Waals surface area contributed by atoms with Gasteiger partial charge in [0.2, 0.25) is 5.91 Å². The summed E-state index contributed by atoms with van der Waals surface area (Å²) in [4.78, 5) is 24.4. The molecule has 3 rings (SSSR count). The molecule has 0 atom stereocenters. The van der Waals surface area contributed by atoms with Crippen LogP contribution in [0.3, 0.4) is 0 Å². The number of amides is 2. The molecule has 1 aliphatic rings. The summed E-state index contributed by atoms with van der Waals surface area (Å²) in [6.07, 6.45) is 5.57. The Balaban J connectivity index is 1.85. The zero-order chi connectivity index (χ0) is 19.2. The number of halogens is 1. The van der Waals surface area contributed by atoms with Gasteiger partial charge < -0.3 is 10.6 Å². The summed E-state index contributed by atoms with van der Waals surface area (Å²) in [6.45, 7) is 2.48.